The number of fused-ring (bicyclic) bond motifs is 5. The molecule has 5 fully saturated rings. The van der Waals surface area contributed by atoms with Crippen molar-refractivity contribution in [1.82, 2.24) is 0 Å². The molecule has 0 bridgehead atoms. The maximum Gasteiger partial charge on any atom is 0.310 e. The van der Waals surface area contributed by atoms with Gasteiger partial charge in [0, 0.05) is 5.92 Å². The molecule has 5 rings (SSSR count). The van der Waals surface area contributed by atoms with Gasteiger partial charge >= 0.3 is 11.9 Å². The number of rotatable bonds is 4. The lowest BCUT2D eigenvalue weighted by atomic mass is 9.44. The molecule has 5 saturated carbocycles. The van der Waals surface area contributed by atoms with E-state index in [2.05, 4.69) is 20.8 Å². The second kappa shape index (κ2) is 7.30. The standard InChI is InChI=1S/C27H40O5/c1-15(28)20-7-8-21-17-6-5-16-14-25(2,32-24(31)19-13-18(19)23(29)30)11-12-26(16,3)22(17)9-10-27(20,21)4/h16-22H,5-14H2,1-4H3,(H,29,30)/t16-,17-,18?,19?,20+,21-,22-,25+,26-,27+/m0/s1. The van der Waals surface area contributed by atoms with Gasteiger partial charge in [0.1, 0.15) is 11.4 Å². The Balaban J connectivity index is 1.28. The van der Waals surface area contributed by atoms with Crippen LogP contribution in [0.25, 0.3) is 0 Å². The zero-order valence-electron chi connectivity index (χ0n) is 20.2. The van der Waals surface area contributed by atoms with Gasteiger partial charge in [-0.05, 0) is 113 Å². The molecule has 2 unspecified atom stereocenters. The van der Waals surface area contributed by atoms with Crippen LogP contribution < -0.4 is 0 Å². The molecule has 5 aliphatic carbocycles. The Hall–Kier alpha value is -1.39. The molecule has 32 heavy (non-hydrogen) atoms. The van der Waals surface area contributed by atoms with E-state index >= 15 is 0 Å². The number of carbonyl (C=O) groups is 3. The average Bonchev–Trinajstić information content (AvgIpc) is 3.44. The first kappa shape index (κ1) is 22.4. The monoisotopic (exact) mass is 444 g/mol. The van der Waals surface area contributed by atoms with Gasteiger partial charge in [0.05, 0.1) is 11.8 Å². The average molecular weight is 445 g/mol. The zero-order chi connectivity index (χ0) is 23.1. The van der Waals surface area contributed by atoms with Crippen molar-refractivity contribution >= 4 is 17.7 Å². The summed E-state index contributed by atoms with van der Waals surface area (Å²) in [6, 6.07) is 0. The second-order valence-corrected chi connectivity index (χ2v) is 12.8. The summed E-state index contributed by atoms with van der Waals surface area (Å²) in [6.45, 7) is 8.77. The summed E-state index contributed by atoms with van der Waals surface area (Å²) in [6.07, 6.45) is 10.4. The number of hydrogen-bond acceptors (Lipinski definition) is 4. The largest absolute Gasteiger partial charge is 0.481 e. The Bertz CT molecular complexity index is 836. The molecule has 0 aliphatic heterocycles. The topological polar surface area (TPSA) is 80.7 Å². The van der Waals surface area contributed by atoms with Crippen LogP contribution >= 0.6 is 0 Å². The van der Waals surface area contributed by atoms with Crippen LogP contribution in [0.2, 0.25) is 0 Å². The summed E-state index contributed by atoms with van der Waals surface area (Å²) in [4.78, 5) is 36.1. The molecule has 0 radical (unpaired) electrons. The third kappa shape index (κ3) is 3.27. The fraction of sp³-hybridized carbons (Fsp3) is 0.889. The number of carboxylic acids is 1. The smallest absolute Gasteiger partial charge is 0.310 e. The number of ketones is 1. The maximum atomic E-state index is 12.6. The number of esters is 1. The number of carboxylic acid groups (broad SMARTS) is 1. The summed E-state index contributed by atoms with van der Waals surface area (Å²) in [5, 5.41) is 9.14. The van der Waals surface area contributed by atoms with E-state index in [0.29, 0.717) is 30.0 Å². The van der Waals surface area contributed by atoms with Crippen molar-refractivity contribution in [3.8, 4) is 0 Å². The highest BCUT2D eigenvalue weighted by Crippen LogP contribution is 2.68. The Kier molecular flexibility index (Phi) is 5.11. The van der Waals surface area contributed by atoms with Crippen LogP contribution in [0.4, 0.5) is 0 Å². The van der Waals surface area contributed by atoms with Gasteiger partial charge in [-0.2, -0.15) is 0 Å². The third-order valence-electron chi connectivity index (χ3n) is 11.2. The fourth-order valence-corrected chi connectivity index (χ4v) is 9.22. The fourth-order valence-electron chi connectivity index (χ4n) is 9.22. The van der Waals surface area contributed by atoms with E-state index in [1.807, 2.05) is 0 Å². The van der Waals surface area contributed by atoms with Crippen molar-refractivity contribution in [2.24, 2.45) is 52.3 Å². The van der Waals surface area contributed by atoms with E-state index in [0.717, 1.165) is 31.6 Å². The summed E-state index contributed by atoms with van der Waals surface area (Å²) < 4.78 is 6.00. The number of carbonyl (C=O) groups excluding carboxylic acids is 2. The van der Waals surface area contributed by atoms with Gasteiger partial charge in [-0.15, -0.1) is 0 Å². The van der Waals surface area contributed by atoms with Gasteiger partial charge in [-0.25, -0.2) is 0 Å². The van der Waals surface area contributed by atoms with Crippen LogP contribution in [0, 0.1) is 52.3 Å². The molecule has 0 spiro atoms. The van der Waals surface area contributed by atoms with E-state index in [9.17, 15) is 14.4 Å². The summed E-state index contributed by atoms with van der Waals surface area (Å²) in [5.41, 5.74) is 0.0174. The third-order valence-corrected chi connectivity index (χ3v) is 11.2. The van der Waals surface area contributed by atoms with E-state index in [4.69, 9.17) is 9.84 Å². The Morgan fingerprint density at radius 3 is 2.22 bits per heavy atom. The molecule has 178 valence electrons. The van der Waals surface area contributed by atoms with Gasteiger partial charge < -0.3 is 9.84 Å². The molecule has 0 amide bonds. The van der Waals surface area contributed by atoms with Crippen LogP contribution in [-0.2, 0) is 19.1 Å². The lowest BCUT2D eigenvalue weighted by Crippen LogP contribution is -2.56. The van der Waals surface area contributed by atoms with Crippen molar-refractivity contribution < 1.29 is 24.2 Å². The molecular formula is C27H40O5. The molecule has 0 aromatic carbocycles. The van der Waals surface area contributed by atoms with Crippen LogP contribution in [0.3, 0.4) is 0 Å². The first-order chi connectivity index (χ1) is 15.0. The van der Waals surface area contributed by atoms with Gasteiger partial charge in [-0.1, -0.05) is 13.8 Å². The number of hydrogen-bond donors (Lipinski definition) is 1. The van der Waals surface area contributed by atoms with E-state index in [1.54, 1.807) is 6.92 Å². The van der Waals surface area contributed by atoms with Crippen LogP contribution in [0.5, 0.6) is 0 Å². The maximum absolute atomic E-state index is 12.6. The lowest BCUT2D eigenvalue weighted by Gasteiger charge is -2.62. The van der Waals surface area contributed by atoms with Crippen LogP contribution in [0.15, 0.2) is 0 Å². The SMILES string of the molecule is CC(=O)[C@H]1CC[C@H]2[C@@H]3CC[C@H]4C[C@](C)(OC(=O)C5CC5C(=O)O)CC[C@]4(C)[C@H]3CC[C@]12C. The molecule has 0 heterocycles. The summed E-state index contributed by atoms with van der Waals surface area (Å²) >= 11 is 0. The van der Waals surface area contributed by atoms with Gasteiger partial charge in [0.25, 0.3) is 0 Å². The Morgan fingerprint density at radius 1 is 0.844 bits per heavy atom. The highest BCUT2D eigenvalue weighted by molar-refractivity contribution is 5.86. The second-order valence-electron chi connectivity index (χ2n) is 12.8. The minimum atomic E-state index is -0.880. The first-order valence-electron chi connectivity index (χ1n) is 12.9. The van der Waals surface area contributed by atoms with Crippen molar-refractivity contribution in [2.75, 3.05) is 0 Å². The Labute approximate surface area is 192 Å². The summed E-state index contributed by atoms with van der Waals surface area (Å²) in [7, 11) is 0. The van der Waals surface area contributed by atoms with Crippen molar-refractivity contribution in [3.05, 3.63) is 0 Å². The highest BCUT2D eigenvalue weighted by Gasteiger charge is 2.62. The van der Waals surface area contributed by atoms with Gasteiger partial charge in [0.2, 0.25) is 0 Å². The molecule has 0 aromatic heterocycles. The van der Waals surface area contributed by atoms with Gasteiger partial charge in [-0.3, -0.25) is 14.4 Å². The molecule has 5 aliphatic rings. The summed E-state index contributed by atoms with van der Waals surface area (Å²) in [5.74, 6) is 1.16. The quantitative estimate of drug-likeness (QED) is 0.599. The predicted molar refractivity (Wildman–Crippen MR) is 120 cm³/mol. The first-order valence-corrected chi connectivity index (χ1v) is 12.9. The van der Waals surface area contributed by atoms with Crippen molar-refractivity contribution in [3.63, 3.8) is 0 Å². The molecular weight excluding hydrogens is 404 g/mol. The molecule has 5 heteroatoms. The number of Topliss-reactive ketones (excluding diaryl/α,β-unsaturated/α-hetero) is 1. The van der Waals surface area contributed by atoms with Crippen molar-refractivity contribution in [1.29, 1.82) is 0 Å². The predicted octanol–water partition coefficient (Wildman–Crippen LogP) is 5.26. The minimum absolute atomic E-state index is 0.194. The van der Waals surface area contributed by atoms with E-state index < -0.39 is 23.4 Å². The van der Waals surface area contributed by atoms with Crippen LogP contribution in [0.1, 0.15) is 91.9 Å². The molecule has 5 nitrogen and oxygen atoms in total. The highest BCUT2D eigenvalue weighted by atomic mass is 16.6. The van der Waals surface area contributed by atoms with E-state index in [1.165, 1.54) is 32.1 Å². The molecule has 10 atom stereocenters. The van der Waals surface area contributed by atoms with E-state index in [-0.39, 0.29) is 22.7 Å². The lowest BCUT2D eigenvalue weighted by molar-refractivity contribution is -0.183. The number of aliphatic carboxylic acids is 1. The molecule has 0 saturated heterocycles. The molecule has 1 N–H and O–H groups in total. The van der Waals surface area contributed by atoms with Crippen LogP contribution in [-0.4, -0.2) is 28.4 Å². The molecule has 0 aromatic rings. The minimum Gasteiger partial charge on any atom is -0.481 e. The number of ether oxygens (including phenoxy) is 1. The Morgan fingerprint density at radius 2 is 1.56 bits per heavy atom. The van der Waals surface area contributed by atoms with Crippen molar-refractivity contribution in [2.45, 2.75) is 97.5 Å². The van der Waals surface area contributed by atoms with Gasteiger partial charge in [0.15, 0.2) is 0 Å². The normalized spacial score (nSPS) is 51.7. The zero-order valence-corrected chi connectivity index (χ0v) is 20.2.